The van der Waals surface area contributed by atoms with Crippen LogP contribution in [0.4, 0.5) is 0 Å². The average Bonchev–Trinajstić information content (AvgIpc) is 2.60. The number of ether oxygens (including phenoxy) is 2. The van der Waals surface area contributed by atoms with E-state index in [1.165, 1.54) is 13.2 Å². The molecule has 0 aliphatic carbocycles. The van der Waals surface area contributed by atoms with Gasteiger partial charge in [-0.05, 0) is 23.7 Å². The number of halogens is 1. The molecule has 0 spiro atoms. The first-order chi connectivity index (χ1) is 8.11. The highest BCUT2D eigenvalue weighted by Crippen LogP contribution is 2.31. The smallest absolute Gasteiger partial charge is 0.364 e. The Morgan fingerprint density at radius 3 is 2.88 bits per heavy atom. The zero-order valence-electron chi connectivity index (χ0n) is 8.81. The average molecular weight is 254 g/mol. The maximum Gasteiger partial charge on any atom is 0.364 e. The van der Waals surface area contributed by atoms with E-state index in [0.717, 1.165) is 0 Å². The van der Waals surface area contributed by atoms with Crippen LogP contribution in [0.3, 0.4) is 0 Å². The number of para-hydroxylation sites is 1. The van der Waals surface area contributed by atoms with E-state index in [-0.39, 0.29) is 16.8 Å². The fourth-order valence-corrected chi connectivity index (χ4v) is 1.51. The van der Waals surface area contributed by atoms with Crippen molar-refractivity contribution in [2.75, 3.05) is 7.11 Å². The largest absolute Gasteiger partial charge is 0.504 e. The van der Waals surface area contributed by atoms with Crippen LogP contribution in [-0.4, -0.2) is 23.5 Å². The molecular formula is C11H8ClNO4. The number of phenolic OH excluding ortho intramolecular Hbond substituents is 1. The second-order valence-corrected chi connectivity index (χ2v) is 3.51. The van der Waals surface area contributed by atoms with Gasteiger partial charge in [0.1, 0.15) is 0 Å². The number of hydrogen-bond donors (Lipinski definition) is 1. The van der Waals surface area contributed by atoms with Gasteiger partial charge in [0.05, 0.1) is 7.11 Å². The first-order valence-corrected chi connectivity index (χ1v) is 5.03. The Morgan fingerprint density at radius 1 is 1.53 bits per heavy atom. The molecule has 0 saturated carbocycles. The van der Waals surface area contributed by atoms with Crippen LogP contribution in [-0.2, 0) is 9.53 Å². The van der Waals surface area contributed by atoms with Crippen molar-refractivity contribution in [3.63, 3.8) is 0 Å². The molecule has 0 fully saturated rings. The molecule has 0 aromatic heterocycles. The van der Waals surface area contributed by atoms with Gasteiger partial charge in [0, 0.05) is 5.56 Å². The van der Waals surface area contributed by atoms with Crippen molar-refractivity contribution in [2.24, 2.45) is 4.99 Å². The highest BCUT2D eigenvalue weighted by atomic mass is 35.5. The summed E-state index contributed by atoms with van der Waals surface area (Å²) in [6, 6.07) is 4.89. The molecule has 0 bridgehead atoms. The van der Waals surface area contributed by atoms with Crippen molar-refractivity contribution >= 4 is 29.0 Å². The van der Waals surface area contributed by atoms with Crippen molar-refractivity contribution < 1.29 is 19.4 Å². The highest BCUT2D eigenvalue weighted by Gasteiger charge is 2.22. The van der Waals surface area contributed by atoms with Crippen molar-refractivity contribution in [1.29, 1.82) is 0 Å². The van der Waals surface area contributed by atoms with Crippen LogP contribution in [0.1, 0.15) is 5.56 Å². The number of methoxy groups -OCH3 is 1. The number of aliphatic imine (C=N–C) groups is 1. The van der Waals surface area contributed by atoms with Gasteiger partial charge in [-0.1, -0.05) is 12.1 Å². The number of rotatable bonds is 2. The summed E-state index contributed by atoms with van der Waals surface area (Å²) in [5.41, 5.74) is 0.421. The number of aromatic hydroxyl groups is 1. The van der Waals surface area contributed by atoms with Gasteiger partial charge < -0.3 is 14.6 Å². The fourth-order valence-electron chi connectivity index (χ4n) is 1.35. The Labute approximate surface area is 102 Å². The summed E-state index contributed by atoms with van der Waals surface area (Å²) in [5.74, 6) is -0.425. The van der Waals surface area contributed by atoms with E-state index in [0.29, 0.717) is 11.3 Å². The maximum absolute atomic E-state index is 11.3. The molecular weight excluding hydrogens is 246 g/mol. The number of esters is 1. The first-order valence-electron chi connectivity index (χ1n) is 4.66. The molecule has 2 rings (SSSR count). The number of carbonyl (C=O) groups excluding carboxylic acids is 1. The van der Waals surface area contributed by atoms with E-state index in [2.05, 4.69) is 9.73 Å². The third-order valence-corrected chi connectivity index (χ3v) is 2.30. The summed E-state index contributed by atoms with van der Waals surface area (Å²) >= 11 is 5.45. The van der Waals surface area contributed by atoms with Crippen LogP contribution in [0.5, 0.6) is 11.5 Å². The quantitative estimate of drug-likeness (QED) is 0.646. The molecule has 88 valence electrons. The minimum Gasteiger partial charge on any atom is -0.504 e. The van der Waals surface area contributed by atoms with Gasteiger partial charge >= 0.3 is 5.97 Å². The number of cyclic esters (lactones) is 1. The summed E-state index contributed by atoms with van der Waals surface area (Å²) in [4.78, 5) is 14.9. The van der Waals surface area contributed by atoms with Gasteiger partial charge in [-0.3, -0.25) is 0 Å². The Balaban J connectivity index is 2.43. The molecule has 6 heteroatoms. The van der Waals surface area contributed by atoms with E-state index in [1.54, 1.807) is 18.2 Å². The summed E-state index contributed by atoms with van der Waals surface area (Å²) in [6.45, 7) is 0. The van der Waals surface area contributed by atoms with Gasteiger partial charge in [-0.25, -0.2) is 4.79 Å². The Morgan fingerprint density at radius 2 is 2.29 bits per heavy atom. The molecule has 1 aliphatic rings. The molecule has 1 aliphatic heterocycles. The Hall–Kier alpha value is -2.01. The summed E-state index contributed by atoms with van der Waals surface area (Å²) in [6.07, 6.45) is 1.37. The minimum absolute atomic E-state index is 0.0264. The lowest BCUT2D eigenvalue weighted by molar-refractivity contribution is -0.129. The topological polar surface area (TPSA) is 68.1 Å². The predicted octanol–water partition coefficient (Wildman–Crippen LogP) is 1.89. The lowest BCUT2D eigenvalue weighted by Crippen LogP contribution is -1.98. The fraction of sp³-hybridized carbons (Fsp3) is 0.0909. The van der Waals surface area contributed by atoms with Crippen LogP contribution in [0.15, 0.2) is 28.9 Å². The molecule has 5 nitrogen and oxygen atoms in total. The van der Waals surface area contributed by atoms with Crippen molar-refractivity contribution in [1.82, 2.24) is 0 Å². The summed E-state index contributed by atoms with van der Waals surface area (Å²) in [7, 11) is 1.44. The van der Waals surface area contributed by atoms with Crippen LogP contribution >= 0.6 is 11.6 Å². The minimum atomic E-state index is -0.655. The Bertz CT molecular complexity index is 536. The molecule has 1 N–H and O–H groups in total. The zero-order chi connectivity index (χ0) is 12.4. The first kappa shape index (κ1) is 11.5. The lowest BCUT2D eigenvalue weighted by Gasteiger charge is -2.05. The molecule has 0 radical (unpaired) electrons. The third kappa shape index (κ3) is 2.24. The van der Waals surface area contributed by atoms with Gasteiger partial charge in [-0.15, -0.1) is 0 Å². The summed E-state index contributed by atoms with van der Waals surface area (Å²) in [5, 5.41) is 9.57. The van der Waals surface area contributed by atoms with Gasteiger partial charge in [0.25, 0.3) is 5.36 Å². The number of hydrogen-bond acceptors (Lipinski definition) is 5. The van der Waals surface area contributed by atoms with Gasteiger partial charge in [0.15, 0.2) is 17.2 Å². The molecule has 0 atom stereocenters. The van der Waals surface area contributed by atoms with E-state index < -0.39 is 5.97 Å². The van der Waals surface area contributed by atoms with Crippen molar-refractivity contribution in [3.8, 4) is 11.5 Å². The van der Waals surface area contributed by atoms with Crippen LogP contribution in [0.25, 0.3) is 6.08 Å². The molecule has 1 heterocycles. The predicted molar refractivity (Wildman–Crippen MR) is 62.0 cm³/mol. The number of nitrogens with zero attached hydrogens (tertiary/aromatic N) is 1. The number of benzene rings is 1. The monoisotopic (exact) mass is 253 g/mol. The lowest BCUT2D eigenvalue weighted by atomic mass is 10.1. The molecule has 0 saturated heterocycles. The summed E-state index contributed by atoms with van der Waals surface area (Å²) < 4.78 is 9.48. The molecule has 17 heavy (non-hydrogen) atoms. The standard InChI is InChI=1S/C11H8ClNO4/c1-16-8-4-2-3-6(9(8)14)5-7-10(15)17-11(12)13-7/h2-5,14H,1H3/b7-5-. The van der Waals surface area contributed by atoms with Crippen LogP contribution < -0.4 is 4.74 Å². The van der Waals surface area contributed by atoms with Crippen LogP contribution in [0.2, 0.25) is 0 Å². The van der Waals surface area contributed by atoms with Crippen molar-refractivity contribution in [3.05, 3.63) is 29.5 Å². The molecule has 0 unspecified atom stereocenters. The second kappa shape index (κ2) is 4.47. The van der Waals surface area contributed by atoms with E-state index in [1.807, 2.05) is 0 Å². The second-order valence-electron chi connectivity index (χ2n) is 3.18. The zero-order valence-corrected chi connectivity index (χ0v) is 9.56. The normalized spacial score (nSPS) is 16.9. The van der Waals surface area contributed by atoms with E-state index >= 15 is 0 Å². The maximum atomic E-state index is 11.3. The molecule has 1 aromatic carbocycles. The molecule has 0 amide bonds. The SMILES string of the molecule is COc1cccc(/C=C2\N=C(Cl)OC2=O)c1O. The number of carbonyl (C=O) groups is 1. The molecule has 1 aromatic rings. The van der Waals surface area contributed by atoms with Gasteiger partial charge in [0.2, 0.25) is 0 Å². The van der Waals surface area contributed by atoms with Gasteiger partial charge in [-0.2, -0.15) is 4.99 Å². The van der Waals surface area contributed by atoms with E-state index in [9.17, 15) is 9.90 Å². The Kier molecular flexibility index (Phi) is 3.01. The van der Waals surface area contributed by atoms with Crippen LogP contribution in [0, 0.1) is 0 Å². The highest BCUT2D eigenvalue weighted by molar-refractivity contribution is 6.64. The third-order valence-electron chi connectivity index (χ3n) is 2.14. The number of phenols is 1. The van der Waals surface area contributed by atoms with E-state index in [4.69, 9.17) is 16.3 Å². The van der Waals surface area contributed by atoms with Crippen molar-refractivity contribution in [2.45, 2.75) is 0 Å².